The van der Waals surface area contributed by atoms with Gasteiger partial charge in [-0.3, -0.25) is 0 Å². The molecule has 4 nitrogen and oxygen atoms in total. The molecule has 106 valence electrons. The van der Waals surface area contributed by atoms with Crippen LogP contribution in [0, 0.1) is 5.82 Å². The highest BCUT2D eigenvalue weighted by atomic mass is 35.5. The Morgan fingerprint density at radius 2 is 2.15 bits per heavy atom. The van der Waals surface area contributed by atoms with Crippen LogP contribution in [0.25, 0.3) is 0 Å². The molecule has 0 saturated heterocycles. The number of nitrogens with zero attached hydrogens (tertiary/aromatic N) is 2. The average Bonchev–Trinajstić information content (AvgIpc) is 2.48. The van der Waals surface area contributed by atoms with Crippen molar-refractivity contribution in [3.8, 4) is 5.88 Å². The van der Waals surface area contributed by atoms with Crippen LogP contribution in [-0.2, 0) is 6.42 Å². The van der Waals surface area contributed by atoms with Crippen molar-refractivity contribution in [2.75, 3.05) is 14.2 Å². The molecule has 1 atom stereocenters. The first-order valence-corrected chi connectivity index (χ1v) is 6.49. The Hall–Kier alpha value is -1.72. The molecule has 1 unspecified atom stereocenters. The van der Waals surface area contributed by atoms with E-state index >= 15 is 0 Å². The molecule has 0 radical (unpaired) electrons. The third kappa shape index (κ3) is 3.43. The topological polar surface area (TPSA) is 47.0 Å². The number of rotatable bonds is 5. The molecule has 0 aliphatic heterocycles. The van der Waals surface area contributed by atoms with Crippen molar-refractivity contribution in [3.63, 3.8) is 0 Å². The lowest BCUT2D eigenvalue weighted by Crippen LogP contribution is -2.19. The fourth-order valence-corrected chi connectivity index (χ4v) is 2.11. The van der Waals surface area contributed by atoms with Gasteiger partial charge in [0.1, 0.15) is 12.1 Å². The minimum atomic E-state index is -0.422. The first-order chi connectivity index (χ1) is 9.63. The van der Waals surface area contributed by atoms with Crippen LogP contribution in [0.1, 0.15) is 17.3 Å². The second-order valence-corrected chi connectivity index (χ2v) is 4.68. The highest BCUT2D eigenvalue weighted by molar-refractivity contribution is 6.30. The first kappa shape index (κ1) is 14.7. The van der Waals surface area contributed by atoms with Gasteiger partial charge in [-0.15, -0.1) is 0 Å². The molecule has 2 aromatic rings. The van der Waals surface area contributed by atoms with Gasteiger partial charge in [0.2, 0.25) is 5.88 Å². The van der Waals surface area contributed by atoms with Gasteiger partial charge in [0.05, 0.1) is 12.1 Å². The predicted octanol–water partition coefficient (Wildman–Crippen LogP) is 2.78. The summed E-state index contributed by atoms with van der Waals surface area (Å²) >= 11 is 5.82. The lowest BCUT2D eigenvalue weighted by Gasteiger charge is -2.16. The molecule has 1 N–H and O–H groups in total. The van der Waals surface area contributed by atoms with E-state index in [0.29, 0.717) is 12.3 Å². The molecular formula is C14H15ClFN3O. The summed E-state index contributed by atoms with van der Waals surface area (Å²) in [6.07, 6.45) is 2.08. The second-order valence-electron chi connectivity index (χ2n) is 4.27. The number of ether oxygens (including phenoxy) is 1. The van der Waals surface area contributed by atoms with Crippen LogP contribution in [0.2, 0.25) is 5.02 Å². The van der Waals surface area contributed by atoms with E-state index in [-0.39, 0.29) is 11.1 Å². The van der Waals surface area contributed by atoms with Gasteiger partial charge in [-0.2, -0.15) is 0 Å². The summed E-state index contributed by atoms with van der Waals surface area (Å²) < 4.78 is 18.3. The van der Waals surface area contributed by atoms with Crippen LogP contribution in [0.4, 0.5) is 4.39 Å². The maximum absolute atomic E-state index is 13.2. The van der Waals surface area contributed by atoms with Crippen LogP contribution < -0.4 is 10.1 Å². The highest BCUT2D eigenvalue weighted by Crippen LogP contribution is 2.23. The average molecular weight is 296 g/mol. The van der Waals surface area contributed by atoms with E-state index < -0.39 is 5.82 Å². The van der Waals surface area contributed by atoms with Gasteiger partial charge in [-0.25, -0.2) is 14.4 Å². The maximum Gasteiger partial charge on any atom is 0.216 e. The van der Waals surface area contributed by atoms with Crippen LogP contribution in [-0.4, -0.2) is 24.1 Å². The minimum Gasteiger partial charge on any atom is -0.481 e. The number of likely N-dealkylation sites (N-methyl/N-ethyl adjacent to an activating group) is 1. The van der Waals surface area contributed by atoms with Crippen molar-refractivity contribution in [2.24, 2.45) is 0 Å². The molecule has 0 aliphatic rings. The molecule has 0 spiro atoms. The third-order valence-electron chi connectivity index (χ3n) is 3.02. The Kier molecular flexibility index (Phi) is 4.87. The quantitative estimate of drug-likeness (QED) is 0.921. The SMILES string of the molecule is CNC(Cc1cc(OC)ncn1)c1ccc(F)c(Cl)c1. The number of hydrogen-bond acceptors (Lipinski definition) is 4. The van der Waals surface area contributed by atoms with Crippen LogP contribution in [0.5, 0.6) is 5.88 Å². The van der Waals surface area contributed by atoms with Gasteiger partial charge in [0.15, 0.2) is 0 Å². The Morgan fingerprint density at radius 3 is 2.80 bits per heavy atom. The summed E-state index contributed by atoms with van der Waals surface area (Å²) in [7, 11) is 3.39. The fraction of sp³-hybridized carbons (Fsp3) is 0.286. The van der Waals surface area contributed by atoms with Gasteiger partial charge in [0, 0.05) is 24.2 Å². The van der Waals surface area contributed by atoms with Gasteiger partial charge in [-0.05, 0) is 24.7 Å². The molecule has 0 saturated carbocycles. The summed E-state index contributed by atoms with van der Waals surface area (Å²) in [5.74, 6) is 0.0935. The monoisotopic (exact) mass is 295 g/mol. The molecule has 0 bridgehead atoms. The van der Waals surface area contributed by atoms with Crippen molar-refractivity contribution in [2.45, 2.75) is 12.5 Å². The molecular weight excluding hydrogens is 281 g/mol. The zero-order valence-electron chi connectivity index (χ0n) is 11.2. The van der Waals surface area contributed by atoms with E-state index in [4.69, 9.17) is 16.3 Å². The van der Waals surface area contributed by atoms with Gasteiger partial charge in [-0.1, -0.05) is 17.7 Å². The molecule has 0 fully saturated rings. The van der Waals surface area contributed by atoms with E-state index in [1.807, 2.05) is 7.05 Å². The van der Waals surface area contributed by atoms with E-state index in [2.05, 4.69) is 15.3 Å². The minimum absolute atomic E-state index is 0.0206. The summed E-state index contributed by atoms with van der Waals surface area (Å²) in [5.41, 5.74) is 1.73. The molecule has 0 aliphatic carbocycles. The Labute approximate surface area is 122 Å². The van der Waals surface area contributed by atoms with Gasteiger partial charge in [0.25, 0.3) is 0 Å². The van der Waals surface area contributed by atoms with E-state index in [1.165, 1.54) is 12.4 Å². The van der Waals surface area contributed by atoms with Crippen LogP contribution in [0.15, 0.2) is 30.6 Å². The highest BCUT2D eigenvalue weighted by Gasteiger charge is 2.13. The standard InChI is InChI=1S/C14H15ClFN3O/c1-17-13(9-3-4-12(16)11(15)5-9)6-10-7-14(20-2)19-8-18-10/h3-5,7-8,13,17H,6H2,1-2H3. The molecule has 0 amide bonds. The number of benzene rings is 1. The zero-order chi connectivity index (χ0) is 14.5. The largest absolute Gasteiger partial charge is 0.481 e. The summed E-state index contributed by atoms with van der Waals surface area (Å²) in [4.78, 5) is 8.17. The van der Waals surface area contributed by atoms with E-state index in [0.717, 1.165) is 11.3 Å². The summed E-state index contributed by atoms with van der Waals surface area (Å²) in [6.45, 7) is 0. The van der Waals surface area contributed by atoms with Gasteiger partial charge < -0.3 is 10.1 Å². The summed E-state index contributed by atoms with van der Waals surface area (Å²) in [6, 6.07) is 6.45. The Balaban J connectivity index is 2.21. The van der Waals surface area contributed by atoms with Gasteiger partial charge >= 0.3 is 0 Å². The second kappa shape index (κ2) is 6.63. The normalized spacial score (nSPS) is 12.2. The number of aromatic nitrogens is 2. The lowest BCUT2D eigenvalue weighted by atomic mass is 10.0. The zero-order valence-corrected chi connectivity index (χ0v) is 12.0. The molecule has 1 aromatic carbocycles. The van der Waals surface area contributed by atoms with Crippen molar-refractivity contribution < 1.29 is 9.13 Å². The molecule has 1 aromatic heterocycles. The summed E-state index contributed by atoms with van der Waals surface area (Å²) in [5, 5.41) is 3.28. The number of hydrogen-bond donors (Lipinski definition) is 1. The molecule has 1 heterocycles. The first-order valence-electron chi connectivity index (χ1n) is 6.11. The van der Waals surface area contributed by atoms with E-state index in [1.54, 1.807) is 25.3 Å². The Bertz CT molecular complexity index is 594. The maximum atomic E-state index is 13.2. The third-order valence-corrected chi connectivity index (χ3v) is 3.31. The van der Waals surface area contributed by atoms with Crippen molar-refractivity contribution in [1.82, 2.24) is 15.3 Å². The van der Waals surface area contributed by atoms with Crippen molar-refractivity contribution >= 4 is 11.6 Å². The molecule has 2 rings (SSSR count). The lowest BCUT2D eigenvalue weighted by molar-refractivity contribution is 0.395. The van der Waals surface area contributed by atoms with Crippen LogP contribution in [0.3, 0.4) is 0 Å². The smallest absolute Gasteiger partial charge is 0.216 e. The number of methoxy groups -OCH3 is 1. The van der Waals surface area contributed by atoms with Crippen LogP contribution >= 0.6 is 11.6 Å². The molecule has 20 heavy (non-hydrogen) atoms. The fourth-order valence-electron chi connectivity index (χ4n) is 1.93. The Morgan fingerprint density at radius 1 is 1.35 bits per heavy atom. The predicted molar refractivity (Wildman–Crippen MR) is 75.5 cm³/mol. The van der Waals surface area contributed by atoms with E-state index in [9.17, 15) is 4.39 Å². The van der Waals surface area contributed by atoms with Crippen molar-refractivity contribution in [3.05, 3.63) is 52.7 Å². The van der Waals surface area contributed by atoms with Crippen molar-refractivity contribution in [1.29, 1.82) is 0 Å². The molecule has 6 heteroatoms. The number of halogens is 2. The number of nitrogens with one attached hydrogen (secondary N) is 1.